The van der Waals surface area contributed by atoms with Gasteiger partial charge in [0.2, 0.25) is 0 Å². The molecule has 7 heteroatoms. The highest BCUT2D eigenvalue weighted by Gasteiger charge is 2.17. The summed E-state index contributed by atoms with van der Waals surface area (Å²) in [5.41, 5.74) is 4.02. The number of aromatic nitrogens is 3. The van der Waals surface area contributed by atoms with E-state index in [1.807, 2.05) is 48.5 Å². The van der Waals surface area contributed by atoms with Crippen LogP contribution >= 0.6 is 11.6 Å². The van der Waals surface area contributed by atoms with Crippen molar-refractivity contribution in [1.29, 1.82) is 0 Å². The Morgan fingerprint density at radius 3 is 2.41 bits per heavy atom. The number of para-hydroxylation sites is 1. The molecule has 0 radical (unpaired) electrons. The summed E-state index contributed by atoms with van der Waals surface area (Å²) in [5, 5.41) is 9.42. The molecule has 0 atom stereocenters. The predicted molar refractivity (Wildman–Crippen MR) is 126 cm³/mol. The highest BCUT2D eigenvalue weighted by atomic mass is 35.5. The van der Waals surface area contributed by atoms with Gasteiger partial charge in [-0.2, -0.15) is 5.10 Å². The van der Waals surface area contributed by atoms with Crippen LogP contribution in [0.4, 0.5) is 10.1 Å². The molecule has 5 nitrogen and oxygen atoms in total. The highest BCUT2D eigenvalue weighted by Crippen LogP contribution is 2.29. The van der Waals surface area contributed by atoms with E-state index in [2.05, 4.69) is 10.3 Å². The van der Waals surface area contributed by atoms with Crippen molar-refractivity contribution in [2.45, 2.75) is 6.54 Å². The molecule has 0 aliphatic heterocycles. The number of hydrogen-bond acceptors (Lipinski definition) is 3. The molecule has 5 aromatic rings. The van der Waals surface area contributed by atoms with E-state index >= 15 is 0 Å². The summed E-state index contributed by atoms with van der Waals surface area (Å²) in [6, 6.07) is 24.8. The van der Waals surface area contributed by atoms with Crippen molar-refractivity contribution in [3.05, 3.63) is 112 Å². The fraction of sp³-hybridized carbons (Fsp3) is 0.0400. The average molecular weight is 445 g/mol. The summed E-state index contributed by atoms with van der Waals surface area (Å²) in [4.78, 5) is 15.9. The zero-order chi connectivity index (χ0) is 22.1. The van der Waals surface area contributed by atoms with Crippen molar-refractivity contribution in [2.75, 3.05) is 5.32 Å². The van der Waals surface area contributed by atoms with Crippen molar-refractivity contribution in [3.8, 4) is 16.9 Å². The van der Waals surface area contributed by atoms with Crippen LogP contribution < -0.4 is 10.9 Å². The average Bonchev–Trinajstić information content (AvgIpc) is 3.18. The first-order valence-electron chi connectivity index (χ1n) is 10.0. The van der Waals surface area contributed by atoms with E-state index in [0.717, 1.165) is 22.3 Å². The Labute approximate surface area is 188 Å². The van der Waals surface area contributed by atoms with Crippen LogP contribution in [0.3, 0.4) is 0 Å². The highest BCUT2D eigenvalue weighted by molar-refractivity contribution is 6.30. The maximum absolute atomic E-state index is 13.5. The van der Waals surface area contributed by atoms with Gasteiger partial charge in [0.05, 0.1) is 5.69 Å². The number of nitrogens with zero attached hydrogens (tertiary/aromatic N) is 2. The molecule has 158 valence electrons. The van der Waals surface area contributed by atoms with E-state index in [-0.39, 0.29) is 11.4 Å². The molecule has 0 bridgehead atoms. The van der Waals surface area contributed by atoms with Gasteiger partial charge in [0.15, 0.2) is 0 Å². The summed E-state index contributed by atoms with van der Waals surface area (Å²) in [7, 11) is 0. The summed E-state index contributed by atoms with van der Waals surface area (Å²) in [5.74, 6) is -0.318. The third-order valence-electron chi connectivity index (χ3n) is 5.21. The first kappa shape index (κ1) is 20.0. The Balaban J connectivity index is 1.62. The van der Waals surface area contributed by atoms with Crippen LogP contribution in [-0.2, 0) is 6.54 Å². The lowest BCUT2D eigenvalue weighted by Crippen LogP contribution is -2.16. The van der Waals surface area contributed by atoms with Crippen molar-refractivity contribution in [3.63, 3.8) is 0 Å². The number of H-pyrrole nitrogens is 1. The van der Waals surface area contributed by atoms with Gasteiger partial charge in [0.25, 0.3) is 5.56 Å². The van der Waals surface area contributed by atoms with Gasteiger partial charge in [-0.25, -0.2) is 9.07 Å². The first-order chi connectivity index (χ1) is 15.6. The first-order valence-corrected chi connectivity index (χ1v) is 10.4. The van der Waals surface area contributed by atoms with Crippen molar-refractivity contribution >= 4 is 28.3 Å². The van der Waals surface area contributed by atoms with E-state index in [9.17, 15) is 9.18 Å². The van der Waals surface area contributed by atoms with E-state index in [0.29, 0.717) is 28.5 Å². The third kappa shape index (κ3) is 3.88. The van der Waals surface area contributed by atoms with Gasteiger partial charge in [-0.1, -0.05) is 29.8 Å². The molecule has 3 aromatic carbocycles. The van der Waals surface area contributed by atoms with Crippen LogP contribution in [0.5, 0.6) is 0 Å². The van der Waals surface area contributed by atoms with E-state index < -0.39 is 0 Å². The molecule has 0 spiro atoms. The summed E-state index contributed by atoms with van der Waals surface area (Å²) >= 11 is 5.94. The predicted octanol–water partition coefficient (Wildman–Crippen LogP) is 5.79. The van der Waals surface area contributed by atoms with Gasteiger partial charge >= 0.3 is 0 Å². The molecule has 0 saturated heterocycles. The zero-order valence-electron chi connectivity index (χ0n) is 16.8. The quantitative estimate of drug-likeness (QED) is 0.361. The second-order valence-electron chi connectivity index (χ2n) is 7.35. The Kier molecular flexibility index (Phi) is 5.21. The van der Waals surface area contributed by atoms with Crippen molar-refractivity contribution in [2.24, 2.45) is 0 Å². The summed E-state index contributed by atoms with van der Waals surface area (Å²) in [6.07, 6.45) is 0. The molecule has 0 aliphatic rings. The monoisotopic (exact) mass is 444 g/mol. The van der Waals surface area contributed by atoms with Gasteiger partial charge in [0.1, 0.15) is 17.2 Å². The van der Waals surface area contributed by atoms with Crippen LogP contribution in [0, 0.1) is 5.82 Å². The molecule has 0 fully saturated rings. The summed E-state index contributed by atoms with van der Waals surface area (Å²) < 4.78 is 15.2. The van der Waals surface area contributed by atoms with Gasteiger partial charge < -0.3 is 10.3 Å². The topological polar surface area (TPSA) is 62.7 Å². The maximum Gasteiger partial charge on any atom is 0.254 e. The molecule has 0 saturated carbocycles. The lowest BCUT2D eigenvalue weighted by atomic mass is 10.1. The van der Waals surface area contributed by atoms with Crippen molar-refractivity contribution < 1.29 is 4.39 Å². The Bertz CT molecular complexity index is 1440. The van der Waals surface area contributed by atoms with Crippen LogP contribution in [0.15, 0.2) is 89.7 Å². The second kappa shape index (κ2) is 8.32. The molecule has 0 unspecified atom stereocenters. The van der Waals surface area contributed by atoms with E-state index in [4.69, 9.17) is 16.7 Å². The third-order valence-corrected chi connectivity index (χ3v) is 5.46. The number of pyridine rings is 1. The van der Waals surface area contributed by atoms with Crippen LogP contribution in [0.2, 0.25) is 5.02 Å². The number of aromatic amines is 1. The molecule has 2 aromatic heterocycles. The number of rotatable bonds is 5. The Hall–Kier alpha value is -3.90. The largest absolute Gasteiger partial charge is 0.381 e. The lowest BCUT2D eigenvalue weighted by Gasteiger charge is -2.07. The minimum absolute atomic E-state index is 0.207. The Morgan fingerprint density at radius 2 is 1.69 bits per heavy atom. The Morgan fingerprint density at radius 1 is 0.969 bits per heavy atom. The number of hydrogen-bond donors (Lipinski definition) is 2. The zero-order valence-corrected chi connectivity index (χ0v) is 17.6. The fourth-order valence-corrected chi connectivity index (χ4v) is 3.71. The van der Waals surface area contributed by atoms with Crippen LogP contribution in [-0.4, -0.2) is 14.8 Å². The van der Waals surface area contributed by atoms with E-state index in [1.165, 1.54) is 12.1 Å². The molecular formula is C25H18ClFN4O. The molecule has 5 rings (SSSR count). The van der Waals surface area contributed by atoms with Gasteiger partial charge in [0, 0.05) is 33.8 Å². The minimum Gasteiger partial charge on any atom is -0.381 e. The van der Waals surface area contributed by atoms with E-state index in [1.54, 1.807) is 28.9 Å². The lowest BCUT2D eigenvalue weighted by molar-refractivity contribution is 0.628. The van der Waals surface area contributed by atoms with Crippen molar-refractivity contribution in [1.82, 2.24) is 14.8 Å². The minimum atomic E-state index is -0.318. The van der Waals surface area contributed by atoms with Crippen LogP contribution in [0.1, 0.15) is 5.56 Å². The molecule has 2 heterocycles. The molecule has 0 aliphatic carbocycles. The van der Waals surface area contributed by atoms with Gasteiger partial charge in [-0.05, 0) is 66.7 Å². The SMILES string of the molecule is O=c1[nH]c2c(cc1CNc1ccc(Cl)cc1)c(-c1ccc(F)cc1)nn2-c1ccccc1. The molecule has 32 heavy (non-hydrogen) atoms. The normalized spacial score (nSPS) is 11.1. The standard InChI is InChI=1S/C25H18ClFN4O/c26-18-8-12-20(13-9-18)28-15-17-14-22-23(16-6-10-19(27)11-7-16)30-31(24(22)29-25(17)32)21-4-2-1-3-5-21/h1-14,28H,15H2,(H,29,32). The second-order valence-corrected chi connectivity index (χ2v) is 7.79. The smallest absolute Gasteiger partial charge is 0.254 e. The molecule has 2 N–H and O–H groups in total. The maximum atomic E-state index is 13.5. The number of nitrogens with one attached hydrogen (secondary N) is 2. The summed E-state index contributed by atoms with van der Waals surface area (Å²) in [6.45, 7) is 0.326. The van der Waals surface area contributed by atoms with Gasteiger partial charge in [-0.3, -0.25) is 4.79 Å². The number of fused-ring (bicyclic) bond motifs is 1. The molecular weight excluding hydrogens is 427 g/mol. The van der Waals surface area contributed by atoms with Crippen LogP contribution in [0.25, 0.3) is 28.0 Å². The fourth-order valence-electron chi connectivity index (χ4n) is 3.59. The number of benzene rings is 3. The molecule has 0 amide bonds. The number of anilines is 1. The number of halogens is 2. The van der Waals surface area contributed by atoms with Gasteiger partial charge in [-0.15, -0.1) is 0 Å².